The number of hydrogen-bond acceptors (Lipinski definition) is 4. The zero-order chi connectivity index (χ0) is 18.8. The Labute approximate surface area is 157 Å². The highest BCUT2D eigenvalue weighted by Crippen LogP contribution is 2.37. The summed E-state index contributed by atoms with van der Waals surface area (Å²) < 4.78 is 7.20. The molecule has 142 valence electrons. The number of aromatic nitrogens is 2. The summed E-state index contributed by atoms with van der Waals surface area (Å²) in [5.41, 5.74) is 1.26. The van der Waals surface area contributed by atoms with Crippen molar-refractivity contribution in [3.05, 3.63) is 53.9 Å². The number of rotatable bonds is 4. The zero-order valence-electron chi connectivity index (χ0n) is 15.0. The molecule has 0 aliphatic carbocycles. The van der Waals surface area contributed by atoms with E-state index < -0.39 is 12.0 Å². The average molecular weight is 369 g/mol. The Morgan fingerprint density at radius 1 is 1.04 bits per heavy atom. The third-order valence-electron chi connectivity index (χ3n) is 5.48. The Kier molecular flexibility index (Phi) is 4.94. The molecule has 1 unspecified atom stereocenters. The molecule has 7 nitrogen and oxygen atoms in total. The molecule has 1 N–H and O–H groups in total. The normalized spacial score (nSPS) is 23.5. The maximum atomic E-state index is 13.2. The largest absolute Gasteiger partial charge is 0.480 e. The van der Waals surface area contributed by atoms with Crippen molar-refractivity contribution < 1.29 is 19.4 Å². The van der Waals surface area contributed by atoms with Gasteiger partial charge in [0.1, 0.15) is 11.7 Å². The summed E-state index contributed by atoms with van der Waals surface area (Å²) in [6.45, 7) is 1.38. The van der Waals surface area contributed by atoms with Crippen molar-refractivity contribution in [1.29, 1.82) is 0 Å². The van der Waals surface area contributed by atoms with Crippen LogP contribution < -0.4 is 0 Å². The number of ether oxygens (including phenoxy) is 1. The van der Waals surface area contributed by atoms with Gasteiger partial charge < -0.3 is 14.7 Å². The molecule has 2 aliphatic heterocycles. The Bertz CT molecular complexity index is 814. The molecular weight excluding hydrogens is 346 g/mol. The van der Waals surface area contributed by atoms with E-state index in [0.717, 1.165) is 18.4 Å². The van der Waals surface area contributed by atoms with Gasteiger partial charge in [0.05, 0.1) is 12.1 Å². The fraction of sp³-hybridized carbons (Fsp3) is 0.450. The van der Waals surface area contributed by atoms with Crippen LogP contribution in [-0.2, 0) is 9.53 Å². The lowest BCUT2D eigenvalue weighted by atomic mass is 10.0. The summed E-state index contributed by atoms with van der Waals surface area (Å²) in [5, 5.41) is 14.1. The lowest BCUT2D eigenvalue weighted by Gasteiger charge is -2.28. The Morgan fingerprint density at radius 2 is 1.78 bits per heavy atom. The van der Waals surface area contributed by atoms with Crippen LogP contribution >= 0.6 is 0 Å². The first kappa shape index (κ1) is 17.7. The van der Waals surface area contributed by atoms with Gasteiger partial charge in [0.25, 0.3) is 5.91 Å². The first-order chi connectivity index (χ1) is 13.1. The number of amides is 1. The van der Waals surface area contributed by atoms with Gasteiger partial charge in [-0.1, -0.05) is 30.3 Å². The van der Waals surface area contributed by atoms with Gasteiger partial charge in [-0.3, -0.25) is 9.48 Å². The van der Waals surface area contributed by atoms with Crippen LogP contribution in [0.15, 0.2) is 42.6 Å². The number of likely N-dealkylation sites (tertiary alicyclic amines) is 1. The maximum absolute atomic E-state index is 13.2. The topological polar surface area (TPSA) is 84.7 Å². The minimum absolute atomic E-state index is 0.221. The van der Waals surface area contributed by atoms with E-state index >= 15 is 0 Å². The molecule has 2 atom stereocenters. The fourth-order valence-electron chi connectivity index (χ4n) is 4.08. The van der Waals surface area contributed by atoms with Crippen molar-refractivity contribution >= 4 is 11.9 Å². The molecule has 1 aromatic carbocycles. The average Bonchev–Trinajstić information content (AvgIpc) is 3.36. The molecule has 0 radical (unpaired) electrons. The number of benzene rings is 1. The molecular formula is C20H23N3O4. The SMILES string of the molecule is O=C(O)C1CC[C@@H](c2ccccc2)N1C(=O)c1ccn(C2CCOCC2)n1. The predicted molar refractivity (Wildman–Crippen MR) is 97.3 cm³/mol. The van der Waals surface area contributed by atoms with Gasteiger partial charge in [-0.15, -0.1) is 0 Å². The van der Waals surface area contributed by atoms with Crippen LogP contribution in [0.5, 0.6) is 0 Å². The van der Waals surface area contributed by atoms with E-state index in [-0.39, 0.29) is 18.0 Å². The molecule has 2 saturated heterocycles. The minimum Gasteiger partial charge on any atom is -0.480 e. The van der Waals surface area contributed by atoms with Crippen LogP contribution in [0.4, 0.5) is 0 Å². The molecule has 1 aromatic heterocycles. The van der Waals surface area contributed by atoms with Gasteiger partial charge in [0.2, 0.25) is 0 Å². The Balaban J connectivity index is 1.61. The molecule has 4 rings (SSSR count). The molecule has 2 aliphatic rings. The number of carboxylic acid groups (broad SMARTS) is 1. The van der Waals surface area contributed by atoms with Gasteiger partial charge in [-0.2, -0.15) is 5.10 Å². The molecule has 2 aromatic rings. The van der Waals surface area contributed by atoms with E-state index in [9.17, 15) is 14.7 Å². The smallest absolute Gasteiger partial charge is 0.326 e. The van der Waals surface area contributed by atoms with Crippen molar-refractivity contribution in [2.45, 2.75) is 43.8 Å². The molecule has 7 heteroatoms. The number of carbonyl (C=O) groups is 2. The summed E-state index contributed by atoms with van der Waals surface area (Å²) in [4.78, 5) is 26.4. The van der Waals surface area contributed by atoms with Crippen molar-refractivity contribution in [2.75, 3.05) is 13.2 Å². The molecule has 1 amide bonds. The van der Waals surface area contributed by atoms with E-state index in [1.165, 1.54) is 4.90 Å². The number of nitrogens with zero attached hydrogens (tertiary/aromatic N) is 3. The molecule has 0 bridgehead atoms. The highest BCUT2D eigenvalue weighted by atomic mass is 16.5. The molecule has 27 heavy (non-hydrogen) atoms. The Morgan fingerprint density at radius 3 is 2.48 bits per heavy atom. The number of carbonyl (C=O) groups excluding carboxylic acids is 1. The zero-order valence-corrected chi connectivity index (χ0v) is 15.0. The number of hydrogen-bond donors (Lipinski definition) is 1. The standard InChI is InChI=1S/C20H23N3O4/c24-19(16-8-11-22(21-16)15-9-12-27-13-10-15)23-17(6-7-18(23)20(25)26)14-4-2-1-3-5-14/h1-5,8,11,15,17-18H,6-7,9-10,12-13H2,(H,25,26)/t17-,18?/m0/s1. The summed E-state index contributed by atoms with van der Waals surface area (Å²) >= 11 is 0. The summed E-state index contributed by atoms with van der Waals surface area (Å²) in [6.07, 6.45) is 4.62. The van der Waals surface area contributed by atoms with Gasteiger partial charge in [-0.05, 0) is 37.3 Å². The lowest BCUT2D eigenvalue weighted by molar-refractivity contribution is -0.141. The quantitative estimate of drug-likeness (QED) is 0.896. The van der Waals surface area contributed by atoms with E-state index in [1.807, 2.05) is 41.2 Å². The third kappa shape index (κ3) is 3.47. The van der Waals surface area contributed by atoms with Gasteiger partial charge in [-0.25, -0.2) is 4.79 Å². The first-order valence-corrected chi connectivity index (χ1v) is 9.38. The third-order valence-corrected chi connectivity index (χ3v) is 5.48. The van der Waals surface area contributed by atoms with Crippen LogP contribution in [0, 0.1) is 0 Å². The number of carboxylic acids is 1. The molecule has 2 fully saturated rings. The van der Waals surface area contributed by atoms with Crippen LogP contribution in [0.1, 0.15) is 53.8 Å². The Hall–Kier alpha value is -2.67. The fourth-order valence-corrected chi connectivity index (χ4v) is 4.08. The van der Waals surface area contributed by atoms with Crippen molar-refractivity contribution in [3.8, 4) is 0 Å². The number of aliphatic carboxylic acids is 1. The monoisotopic (exact) mass is 369 g/mol. The second-order valence-electron chi connectivity index (χ2n) is 7.09. The van der Waals surface area contributed by atoms with E-state index in [4.69, 9.17) is 4.74 Å². The molecule has 3 heterocycles. The van der Waals surface area contributed by atoms with Crippen LogP contribution in [0.2, 0.25) is 0 Å². The second-order valence-corrected chi connectivity index (χ2v) is 7.09. The van der Waals surface area contributed by atoms with Gasteiger partial charge in [0, 0.05) is 19.4 Å². The van der Waals surface area contributed by atoms with Crippen LogP contribution in [0.25, 0.3) is 0 Å². The lowest BCUT2D eigenvalue weighted by Crippen LogP contribution is -2.42. The van der Waals surface area contributed by atoms with Gasteiger partial charge in [0.15, 0.2) is 0 Å². The van der Waals surface area contributed by atoms with E-state index in [0.29, 0.717) is 31.7 Å². The van der Waals surface area contributed by atoms with Crippen LogP contribution in [-0.4, -0.2) is 50.9 Å². The summed E-state index contributed by atoms with van der Waals surface area (Å²) in [7, 11) is 0. The first-order valence-electron chi connectivity index (χ1n) is 9.38. The van der Waals surface area contributed by atoms with Crippen molar-refractivity contribution in [1.82, 2.24) is 14.7 Å². The summed E-state index contributed by atoms with van der Waals surface area (Å²) in [5.74, 6) is -1.29. The second kappa shape index (κ2) is 7.52. The van der Waals surface area contributed by atoms with Crippen LogP contribution in [0.3, 0.4) is 0 Å². The van der Waals surface area contributed by atoms with Crippen molar-refractivity contribution in [3.63, 3.8) is 0 Å². The highest BCUT2D eigenvalue weighted by Gasteiger charge is 2.42. The highest BCUT2D eigenvalue weighted by molar-refractivity contribution is 5.95. The minimum atomic E-state index is -0.967. The summed E-state index contributed by atoms with van der Waals surface area (Å²) in [6, 6.07) is 10.5. The van der Waals surface area contributed by atoms with E-state index in [1.54, 1.807) is 6.07 Å². The molecule has 0 saturated carbocycles. The maximum Gasteiger partial charge on any atom is 0.326 e. The van der Waals surface area contributed by atoms with Gasteiger partial charge >= 0.3 is 5.97 Å². The predicted octanol–water partition coefficient (Wildman–Crippen LogP) is 2.67. The van der Waals surface area contributed by atoms with E-state index in [2.05, 4.69) is 5.10 Å². The molecule has 0 spiro atoms. The van der Waals surface area contributed by atoms with Crippen molar-refractivity contribution in [2.24, 2.45) is 0 Å².